The summed E-state index contributed by atoms with van der Waals surface area (Å²) in [6, 6.07) is 7.16. The number of hydrogen-bond donors (Lipinski definition) is 8. The zero-order chi connectivity index (χ0) is 53.2. The van der Waals surface area contributed by atoms with Gasteiger partial charge < -0.3 is 66.1 Å². The number of nitrogens with zero attached hydrogens (tertiary/aromatic N) is 8. The second-order valence-electron chi connectivity index (χ2n) is 15.1. The van der Waals surface area contributed by atoms with Crippen LogP contribution in [0.4, 0.5) is 10.6 Å². The minimum absolute atomic E-state index is 0.0723. The number of aldehydes is 1. The van der Waals surface area contributed by atoms with E-state index in [1.807, 2.05) is 38.0 Å². The number of allylic oxidation sites excluding steroid dienone is 1. The number of ether oxygens (including phenoxy) is 5. The summed E-state index contributed by atoms with van der Waals surface area (Å²) in [5.41, 5.74) is 10.3. The van der Waals surface area contributed by atoms with Crippen LogP contribution in [0.5, 0.6) is 5.75 Å². The quantitative estimate of drug-likeness (QED) is 0.0108. The Balaban J connectivity index is 0.000000479. The van der Waals surface area contributed by atoms with Gasteiger partial charge >= 0.3 is 6.09 Å². The van der Waals surface area contributed by atoms with Crippen LogP contribution in [0.25, 0.3) is 33.3 Å². The van der Waals surface area contributed by atoms with Gasteiger partial charge in [0.05, 0.1) is 82.6 Å². The van der Waals surface area contributed by atoms with Crippen molar-refractivity contribution in [3.63, 3.8) is 0 Å². The van der Waals surface area contributed by atoms with E-state index >= 15 is 0 Å². The molecule has 0 spiro atoms. The molecule has 398 valence electrons. The number of nitrogens with one attached hydrogen (secondary N) is 6. The summed E-state index contributed by atoms with van der Waals surface area (Å²) in [5, 5.41) is 30.5. The molecule has 9 N–H and O–H groups in total. The number of phenols is 1. The lowest BCUT2D eigenvalue weighted by atomic mass is 10.2. The highest BCUT2D eigenvalue weighted by molar-refractivity contribution is 6.02. The molecule has 24 nitrogen and oxygen atoms in total. The van der Waals surface area contributed by atoms with Crippen molar-refractivity contribution in [1.82, 2.24) is 51.3 Å². The summed E-state index contributed by atoms with van der Waals surface area (Å²) >= 11 is 0. The van der Waals surface area contributed by atoms with Gasteiger partial charge in [0.1, 0.15) is 23.6 Å². The van der Waals surface area contributed by atoms with Gasteiger partial charge in [0, 0.05) is 80.4 Å². The third kappa shape index (κ3) is 27.2. The Bertz CT molecular complexity index is 2390. The van der Waals surface area contributed by atoms with Gasteiger partial charge in [-0.2, -0.15) is 5.10 Å². The van der Waals surface area contributed by atoms with E-state index in [4.69, 9.17) is 36.2 Å². The molecule has 0 atom stereocenters. The predicted octanol–water partition coefficient (Wildman–Crippen LogP) is 2.12. The lowest BCUT2D eigenvalue weighted by Crippen LogP contribution is -2.28. The summed E-state index contributed by atoms with van der Waals surface area (Å²) in [6.07, 6.45) is 14.5. The molecule has 0 aliphatic rings. The van der Waals surface area contributed by atoms with Crippen molar-refractivity contribution in [3.8, 4) is 29.5 Å². The number of aromatic hydroxyl groups is 1. The van der Waals surface area contributed by atoms with Gasteiger partial charge in [-0.05, 0) is 78.2 Å². The minimum atomic E-state index is -0.583. The molecule has 0 fully saturated rings. The molecular formula is C49H73N15O9. The molecule has 0 radical (unpaired) electrons. The number of alkyl carbamates (subject to hydrolysis) is 1. The van der Waals surface area contributed by atoms with Crippen LogP contribution in [-0.2, 0) is 39.8 Å². The third-order valence-corrected chi connectivity index (χ3v) is 9.46. The molecule has 1 aromatic carbocycles. The predicted molar refractivity (Wildman–Crippen MR) is 287 cm³/mol. The van der Waals surface area contributed by atoms with Crippen molar-refractivity contribution in [2.45, 2.75) is 25.8 Å². The normalized spacial score (nSPS) is 11.5. The average Bonchev–Trinajstić information content (AvgIpc) is 3.99. The largest absolute Gasteiger partial charge is 0.508 e. The summed E-state index contributed by atoms with van der Waals surface area (Å²) in [4.78, 5) is 61.3. The number of nitrogens with two attached hydrogens (primary N) is 1. The number of aryl methyl sites for hydroxylation is 1. The van der Waals surface area contributed by atoms with Gasteiger partial charge in [0.2, 0.25) is 5.91 Å². The lowest BCUT2D eigenvalue weighted by Gasteiger charge is -2.08. The highest BCUT2D eigenvalue weighted by Gasteiger charge is 2.18. The van der Waals surface area contributed by atoms with Crippen LogP contribution in [0.2, 0.25) is 0 Å². The number of hydrogen-bond acceptors (Lipinski definition) is 20. The number of rotatable bonds is 35. The first-order valence-electron chi connectivity index (χ1n) is 23.6. The zero-order valence-electron chi connectivity index (χ0n) is 42.3. The zero-order valence-corrected chi connectivity index (χ0v) is 42.3. The maximum Gasteiger partial charge on any atom is 0.408 e. The van der Waals surface area contributed by atoms with Crippen LogP contribution < -0.4 is 32.3 Å². The van der Waals surface area contributed by atoms with Gasteiger partial charge in [0.15, 0.2) is 18.5 Å². The van der Waals surface area contributed by atoms with E-state index in [1.165, 1.54) is 24.9 Å². The van der Waals surface area contributed by atoms with Crippen LogP contribution in [0.15, 0.2) is 74.1 Å². The molecule has 0 saturated heterocycles. The van der Waals surface area contributed by atoms with E-state index in [-0.39, 0.29) is 37.8 Å². The molecule has 0 bridgehead atoms. The number of aliphatic imine (C=N–C) groups is 4. The van der Waals surface area contributed by atoms with Gasteiger partial charge in [0.25, 0.3) is 0 Å². The van der Waals surface area contributed by atoms with E-state index in [9.17, 15) is 19.5 Å². The number of aromatic nitrogens is 5. The van der Waals surface area contributed by atoms with E-state index in [1.54, 1.807) is 18.3 Å². The Kier molecular flexibility index (Phi) is 34.2. The number of carbonyl (C=O) groups excluding carboxylic acids is 3. The molecule has 4 aromatic rings. The standard InChI is InChI=1S/C27H40N6O8.C18H21N7O.C4H12N2/c1-4-9-41-27(36)32-8-11-38-13-15-40-17-16-39-14-12-37-10-5-26(35)33-22-24(18-28-2)20-30-6-7-31-21-25(23-34)19-29-3;1-20-6-2-3-7-25-18-15(17(19)21-10-22-18)16(24-25)14-9-11-8-12(26)4-5-13(11)23-14;1-5-3-4-6-2/h1,18-21,23H,2-3,5-17,22H2,(H,32,36)(H,33,35);4-5,8-10,20,23,26H,2-3,6-7H2,1H3,(H2,19,21,22);5-6H,3-4H2,1-2H3/b24-18+,25-19+,30-20?,31-21?;;. The number of unbranched alkanes of at least 4 members (excludes halogenated alkanes) is 1. The monoisotopic (exact) mass is 1020 g/mol. The second kappa shape index (κ2) is 40.4. The molecule has 0 saturated carbocycles. The molecule has 2 amide bonds. The molecule has 4 rings (SSSR count). The maximum absolute atomic E-state index is 12.0. The second-order valence-corrected chi connectivity index (χ2v) is 15.1. The molecular weight excluding hydrogens is 943 g/mol. The Morgan fingerprint density at radius 3 is 2.15 bits per heavy atom. The number of carbonyl (C=O) groups is 3. The lowest BCUT2D eigenvalue weighted by molar-refractivity contribution is -0.122. The number of anilines is 1. The minimum Gasteiger partial charge on any atom is -0.508 e. The highest BCUT2D eigenvalue weighted by atomic mass is 16.6. The van der Waals surface area contributed by atoms with Gasteiger partial charge in [-0.25, -0.2) is 19.4 Å². The Morgan fingerprint density at radius 2 is 1.51 bits per heavy atom. The fourth-order valence-corrected chi connectivity index (χ4v) is 5.94. The topological polar surface area (TPSA) is 313 Å². The fourth-order valence-electron chi connectivity index (χ4n) is 5.94. The number of aromatic amines is 1. The fraction of sp³-hybridized carbons (Fsp3) is 0.469. The van der Waals surface area contributed by atoms with E-state index in [0.29, 0.717) is 89.1 Å². The van der Waals surface area contributed by atoms with Crippen molar-refractivity contribution >= 4 is 71.9 Å². The number of fused-ring (bicyclic) bond motifs is 2. The van der Waals surface area contributed by atoms with Crippen molar-refractivity contribution in [2.75, 3.05) is 132 Å². The van der Waals surface area contributed by atoms with Crippen LogP contribution >= 0.6 is 0 Å². The molecule has 3 aromatic heterocycles. The summed E-state index contributed by atoms with van der Waals surface area (Å²) in [7, 11) is 5.83. The van der Waals surface area contributed by atoms with Crippen molar-refractivity contribution in [2.24, 2.45) is 20.0 Å². The molecule has 0 aliphatic heterocycles. The first kappa shape index (κ1) is 61.9. The number of benzene rings is 1. The Labute approximate surface area is 426 Å². The van der Waals surface area contributed by atoms with Gasteiger partial charge in [-0.1, -0.05) is 5.92 Å². The summed E-state index contributed by atoms with van der Waals surface area (Å²) in [6.45, 7) is 14.6. The highest BCUT2D eigenvalue weighted by Crippen LogP contribution is 2.32. The first-order chi connectivity index (χ1) is 35.6. The van der Waals surface area contributed by atoms with E-state index in [2.05, 4.69) is 85.6 Å². The summed E-state index contributed by atoms with van der Waals surface area (Å²) < 4.78 is 28.0. The molecule has 0 unspecified atom stereocenters. The third-order valence-electron chi connectivity index (χ3n) is 9.46. The maximum atomic E-state index is 12.0. The summed E-state index contributed by atoms with van der Waals surface area (Å²) in [5.74, 6) is 2.65. The van der Waals surface area contributed by atoms with Gasteiger partial charge in [-0.15, -0.1) is 6.42 Å². The van der Waals surface area contributed by atoms with Gasteiger partial charge in [-0.3, -0.25) is 29.6 Å². The SMILES string of the molecule is C#CCOC(=O)NCCOCCOCCOCCOCCC(=O)NC/C(C=NCCN=C/C(C=O)=C\N=C)=C/N=C.CNCCCCn1nc(-c2cc3cc(O)ccc3[nH]2)c2c(N)ncnc21.CNCCNC. The van der Waals surface area contributed by atoms with Crippen LogP contribution in [-0.4, -0.2) is 200 Å². The van der Waals surface area contributed by atoms with Crippen LogP contribution in [0.3, 0.4) is 0 Å². The number of likely N-dealkylation sites (N-methyl/N-ethyl adjacent to an activating group) is 2. The number of nitrogen functional groups attached to an aromatic ring is 1. The molecule has 3 heterocycles. The number of phenolic OH excluding ortho intramolecular Hbond substituents is 1. The molecule has 24 heteroatoms. The van der Waals surface area contributed by atoms with E-state index < -0.39 is 6.09 Å². The number of amides is 2. The average molecular weight is 1020 g/mol. The van der Waals surface area contributed by atoms with E-state index in [0.717, 1.165) is 72.3 Å². The van der Waals surface area contributed by atoms with Crippen LogP contribution in [0.1, 0.15) is 19.3 Å². The molecule has 73 heavy (non-hydrogen) atoms. The van der Waals surface area contributed by atoms with Crippen molar-refractivity contribution in [1.29, 1.82) is 0 Å². The Morgan fingerprint density at radius 1 is 0.849 bits per heavy atom. The first-order valence-corrected chi connectivity index (χ1v) is 23.6. The number of H-pyrrole nitrogens is 1. The smallest absolute Gasteiger partial charge is 0.408 e. The molecule has 0 aliphatic carbocycles. The van der Waals surface area contributed by atoms with Crippen molar-refractivity contribution in [3.05, 3.63) is 54.1 Å². The van der Waals surface area contributed by atoms with Crippen molar-refractivity contribution < 1.29 is 43.2 Å². The number of terminal acetylenes is 1. The Hall–Kier alpha value is -7.24. The van der Waals surface area contributed by atoms with Crippen LogP contribution in [0, 0.1) is 12.3 Å².